The molecule has 21 heavy (non-hydrogen) atoms. The molecule has 2 rings (SSSR count). The molecular weight excluding hydrogens is 304 g/mol. The van der Waals surface area contributed by atoms with Crippen molar-refractivity contribution in [2.75, 3.05) is 6.54 Å². The first kappa shape index (κ1) is 15.8. The molecule has 1 atom stereocenters. The van der Waals surface area contributed by atoms with E-state index in [0.29, 0.717) is 10.1 Å². The monoisotopic (exact) mass is 322 g/mol. The normalized spacial score (nSPS) is 11.9. The van der Waals surface area contributed by atoms with Crippen LogP contribution in [0.3, 0.4) is 0 Å². The zero-order valence-corrected chi connectivity index (χ0v) is 13.5. The minimum absolute atomic E-state index is 0.191. The van der Waals surface area contributed by atoms with Crippen LogP contribution in [-0.4, -0.2) is 21.4 Å². The summed E-state index contributed by atoms with van der Waals surface area (Å²) < 4.78 is 1.83. The van der Waals surface area contributed by atoms with Gasteiger partial charge in [-0.3, -0.25) is 4.68 Å². The highest BCUT2D eigenvalue weighted by Crippen LogP contribution is 2.10. The van der Waals surface area contributed by atoms with Crippen LogP contribution in [0, 0.1) is 0 Å². The van der Waals surface area contributed by atoms with Crippen LogP contribution in [0.2, 0.25) is 5.02 Å². The van der Waals surface area contributed by atoms with Crippen LogP contribution >= 0.6 is 23.8 Å². The molecule has 4 nitrogen and oxygen atoms in total. The van der Waals surface area contributed by atoms with Crippen LogP contribution in [0.25, 0.3) is 0 Å². The van der Waals surface area contributed by atoms with Gasteiger partial charge in [0.15, 0.2) is 5.11 Å². The molecule has 0 aliphatic heterocycles. The Morgan fingerprint density at radius 3 is 2.81 bits per heavy atom. The third kappa shape index (κ3) is 5.36. The summed E-state index contributed by atoms with van der Waals surface area (Å²) in [5.74, 6) is 0. The van der Waals surface area contributed by atoms with E-state index in [1.807, 2.05) is 29.1 Å². The maximum absolute atomic E-state index is 5.81. The highest BCUT2D eigenvalue weighted by atomic mass is 35.5. The number of nitrogens with one attached hydrogen (secondary N) is 2. The van der Waals surface area contributed by atoms with E-state index < -0.39 is 0 Å². The van der Waals surface area contributed by atoms with Crippen molar-refractivity contribution in [1.29, 1.82) is 0 Å². The van der Waals surface area contributed by atoms with Gasteiger partial charge >= 0.3 is 0 Å². The van der Waals surface area contributed by atoms with Crippen molar-refractivity contribution in [3.05, 3.63) is 53.3 Å². The van der Waals surface area contributed by atoms with Crippen molar-refractivity contribution in [3.63, 3.8) is 0 Å². The van der Waals surface area contributed by atoms with Gasteiger partial charge in [-0.05, 0) is 31.1 Å². The fourth-order valence-corrected chi connectivity index (χ4v) is 2.41. The van der Waals surface area contributed by atoms with E-state index in [1.54, 1.807) is 6.20 Å². The maximum Gasteiger partial charge on any atom is 0.166 e. The summed E-state index contributed by atoms with van der Waals surface area (Å²) in [4.78, 5) is 0. The molecule has 0 saturated carbocycles. The van der Waals surface area contributed by atoms with Crippen LogP contribution in [0.4, 0.5) is 0 Å². The molecule has 0 aliphatic carbocycles. The van der Waals surface area contributed by atoms with Crippen molar-refractivity contribution < 1.29 is 0 Å². The molecule has 0 aliphatic rings. The standard InChI is InChI=1S/C15H19ClN4S/c1-12(13-6-3-2-4-7-13)19-15(21)17-8-5-9-20-11-14(16)10-18-20/h2-4,6-7,10-12H,5,8-9H2,1H3,(H2,17,19,21). The van der Waals surface area contributed by atoms with Gasteiger partial charge in [-0.2, -0.15) is 5.10 Å². The van der Waals surface area contributed by atoms with Gasteiger partial charge in [0.1, 0.15) is 0 Å². The summed E-state index contributed by atoms with van der Waals surface area (Å²) in [6.45, 7) is 3.70. The van der Waals surface area contributed by atoms with Crippen molar-refractivity contribution >= 4 is 28.9 Å². The second-order valence-electron chi connectivity index (χ2n) is 4.81. The Bertz CT molecular complexity index is 570. The lowest BCUT2D eigenvalue weighted by molar-refractivity contribution is 0.569. The molecule has 6 heteroatoms. The molecule has 0 amide bonds. The topological polar surface area (TPSA) is 41.9 Å². The summed E-state index contributed by atoms with van der Waals surface area (Å²) in [7, 11) is 0. The van der Waals surface area contributed by atoms with E-state index >= 15 is 0 Å². The van der Waals surface area contributed by atoms with Crippen molar-refractivity contribution in [1.82, 2.24) is 20.4 Å². The van der Waals surface area contributed by atoms with Crippen LogP contribution < -0.4 is 10.6 Å². The first-order valence-electron chi connectivity index (χ1n) is 6.92. The Balaban J connectivity index is 1.65. The van der Waals surface area contributed by atoms with E-state index in [2.05, 4.69) is 34.8 Å². The van der Waals surface area contributed by atoms with Crippen molar-refractivity contribution in [2.45, 2.75) is 25.9 Å². The molecule has 0 bridgehead atoms. The summed E-state index contributed by atoms with van der Waals surface area (Å²) in [5.41, 5.74) is 1.22. The van der Waals surface area contributed by atoms with E-state index in [0.717, 1.165) is 19.5 Å². The number of aromatic nitrogens is 2. The lowest BCUT2D eigenvalue weighted by Gasteiger charge is -2.17. The van der Waals surface area contributed by atoms with Crippen LogP contribution in [0.15, 0.2) is 42.7 Å². The number of halogens is 1. The number of rotatable bonds is 6. The number of aryl methyl sites for hydroxylation is 1. The summed E-state index contributed by atoms with van der Waals surface area (Å²) in [6.07, 6.45) is 4.39. The minimum Gasteiger partial charge on any atom is -0.363 e. The van der Waals surface area contributed by atoms with E-state index in [-0.39, 0.29) is 6.04 Å². The first-order valence-corrected chi connectivity index (χ1v) is 7.71. The molecule has 1 heterocycles. The SMILES string of the molecule is CC(NC(=S)NCCCn1cc(Cl)cn1)c1ccccc1. The van der Waals surface area contributed by atoms with Crippen LogP contribution in [0.5, 0.6) is 0 Å². The Morgan fingerprint density at radius 2 is 2.14 bits per heavy atom. The van der Waals surface area contributed by atoms with Gasteiger partial charge in [0.2, 0.25) is 0 Å². The minimum atomic E-state index is 0.191. The fraction of sp³-hybridized carbons (Fsp3) is 0.333. The van der Waals surface area contributed by atoms with Gasteiger partial charge in [-0.1, -0.05) is 41.9 Å². The van der Waals surface area contributed by atoms with Crippen LogP contribution in [0.1, 0.15) is 24.9 Å². The van der Waals surface area contributed by atoms with Crippen LogP contribution in [-0.2, 0) is 6.54 Å². The fourth-order valence-electron chi connectivity index (χ4n) is 1.98. The third-order valence-corrected chi connectivity index (χ3v) is 3.56. The van der Waals surface area contributed by atoms with Gasteiger partial charge in [0, 0.05) is 19.3 Å². The molecule has 2 aromatic rings. The van der Waals surface area contributed by atoms with Crippen molar-refractivity contribution in [2.24, 2.45) is 0 Å². The van der Waals surface area contributed by atoms with Gasteiger partial charge in [0.05, 0.1) is 17.3 Å². The quantitative estimate of drug-likeness (QED) is 0.633. The number of hydrogen-bond donors (Lipinski definition) is 2. The largest absolute Gasteiger partial charge is 0.363 e. The average molecular weight is 323 g/mol. The smallest absolute Gasteiger partial charge is 0.166 e. The second kappa shape index (κ2) is 8.00. The summed E-state index contributed by atoms with van der Waals surface area (Å²) >= 11 is 11.1. The van der Waals surface area contributed by atoms with Gasteiger partial charge in [0.25, 0.3) is 0 Å². The Kier molecular flexibility index (Phi) is 6.02. The van der Waals surface area contributed by atoms with Gasteiger partial charge in [-0.15, -0.1) is 0 Å². The molecule has 0 fully saturated rings. The summed E-state index contributed by atoms with van der Waals surface area (Å²) in [6, 6.07) is 10.4. The molecule has 1 aromatic heterocycles. The number of benzene rings is 1. The predicted molar refractivity (Wildman–Crippen MR) is 90.4 cm³/mol. The molecule has 1 unspecified atom stereocenters. The van der Waals surface area contributed by atoms with E-state index in [9.17, 15) is 0 Å². The zero-order chi connectivity index (χ0) is 15.1. The second-order valence-corrected chi connectivity index (χ2v) is 5.65. The lowest BCUT2D eigenvalue weighted by atomic mass is 10.1. The third-order valence-electron chi connectivity index (χ3n) is 3.10. The van der Waals surface area contributed by atoms with E-state index in [4.69, 9.17) is 23.8 Å². The Labute approximate surface area is 135 Å². The molecule has 0 spiro atoms. The molecule has 0 radical (unpaired) electrons. The average Bonchev–Trinajstić information content (AvgIpc) is 2.90. The highest BCUT2D eigenvalue weighted by Gasteiger charge is 2.05. The van der Waals surface area contributed by atoms with Crippen molar-refractivity contribution in [3.8, 4) is 0 Å². The molecule has 2 N–H and O–H groups in total. The number of nitrogens with zero attached hydrogens (tertiary/aromatic N) is 2. The zero-order valence-electron chi connectivity index (χ0n) is 11.9. The molecule has 1 aromatic carbocycles. The maximum atomic E-state index is 5.81. The van der Waals surface area contributed by atoms with E-state index in [1.165, 1.54) is 5.56 Å². The molecule has 0 saturated heterocycles. The number of thiocarbonyl (C=S) groups is 1. The van der Waals surface area contributed by atoms with Gasteiger partial charge < -0.3 is 10.6 Å². The lowest BCUT2D eigenvalue weighted by Crippen LogP contribution is -2.37. The highest BCUT2D eigenvalue weighted by molar-refractivity contribution is 7.80. The predicted octanol–water partition coefficient (Wildman–Crippen LogP) is 3.15. The summed E-state index contributed by atoms with van der Waals surface area (Å²) in [5, 5.41) is 11.9. The molecule has 112 valence electrons. The number of hydrogen-bond acceptors (Lipinski definition) is 2. The van der Waals surface area contributed by atoms with Gasteiger partial charge in [-0.25, -0.2) is 0 Å². The molecular formula is C15H19ClN4S. The Morgan fingerprint density at radius 1 is 1.38 bits per heavy atom. The Hall–Kier alpha value is -1.59. The first-order chi connectivity index (χ1) is 10.1.